The lowest BCUT2D eigenvalue weighted by molar-refractivity contribution is 0.241. The van der Waals surface area contributed by atoms with E-state index in [1.165, 1.54) is 19.5 Å². The van der Waals surface area contributed by atoms with Crippen LogP contribution in [-0.2, 0) is 4.74 Å². The largest absolute Gasteiger partial charge is 0.365 e. The third kappa shape index (κ3) is 0.867. The molecule has 0 aromatic carbocycles. The Bertz CT molecular complexity index is 148. The maximum absolute atomic E-state index is 5.56. The molecule has 0 spiro atoms. The van der Waals surface area contributed by atoms with Crippen molar-refractivity contribution in [3.63, 3.8) is 0 Å². The van der Waals surface area contributed by atoms with Crippen LogP contribution in [0.4, 0.5) is 0 Å². The van der Waals surface area contributed by atoms with Gasteiger partial charge in [-0.05, 0) is 19.9 Å². The average molecular weight is 141 g/mol. The van der Waals surface area contributed by atoms with Crippen LogP contribution >= 0.6 is 0 Å². The number of fused-ring (bicyclic) bond motifs is 1. The zero-order valence-corrected chi connectivity index (χ0v) is 6.76. The highest BCUT2D eigenvalue weighted by atomic mass is 16.6. The molecule has 58 valence electrons. The predicted octanol–water partition coefficient (Wildman–Crippen LogP) is 0.869. The van der Waals surface area contributed by atoms with E-state index in [1.54, 1.807) is 0 Å². The molecule has 0 saturated carbocycles. The lowest BCUT2D eigenvalue weighted by Crippen LogP contribution is -2.37. The van der Waals surface area contributed by atoms with Crippen LogP contribution in [0.5, 0.6) is 0 Å². The SMILES string of the molecule is CCN1CC[C@]2(C)O[C@H]2C1. The predicted molar refractivity (Wildman–Crippen MR) is 40.0 cm³/mol. The van der Waals surface area contributed by atoms with E-state index in [0.29, 0.717) is 6.10 Å². The molecule has 2 heterocycles. The number of rotatable bonds is 1. The zero-order chi connectivity index (χ0) is 7.19. The smallest absolute Gasteiger partial charge is 0.0997 e. The minimum absolute atomic E-state index is 0.283. The Balaban J connectivity index is 1.93. The standard InChI is InChI=1S/C8H15NO/c1-3-9-5-4-8(2)7(6-9)10-8/h7H,3-6H2,1-2H3/t7-,8-/m0/s1. The first-order valence-electron chi connectivity index (χ1n) is 4.15. The maximum atomic E-state index is 5.56. The molecule has 2 rings (SSSR count). The van der Waals surface area contributed by atoms with Gasteiger partial charge in [-0.3, -0.25) is 0 Å². The van der Waals surface area contributed by atoms with Gasteiger partial charge in [0.1, 0.15) is 0 Å². The second-order valence-corrected chi connectivity index (χ2v) is 3.56. The Labute approximate surface area is 62.2 Å². The summed E-state index contributed by atoms with van der Waals surface area (Å²) >= 11 is 0. The summed E-state index contributed by atoms with van der Waals surface area (Å²) in [6.07, 6.45) is 1.78. The minimum atomic E-state index is 0.283. The summed E-state index contributed by atoms with van der Waals surface area (Å²) in [4.78, 5) is 2.46. The van der Waals surface area contributed by atoms with Crippen LogP contribution in [0.1, 0.15) is 20.3 Å². The number of hydrogen-bond donors (Lipinski definition) is 0. The van der Waals surface area contributed by atoms with Crippen molar-refractivity contribution in [3.8, 4) is 0 Å². The molecule has 2 heteroatoms. The molecular weight excluding hydrogens is 126 g/mol. The number of nitrogens with zero attached hydrogens (tertiary/aromatic N) is 1. The first-order chi connectivity index (χ1) is 4.74. The molecule has 0 N–H and O–H groups in total. The molecule has 0 amide bonds. The third-order valence-corrected chi connectivity index (χ3v) is 2.83. The number of likely N-dealkylation sites (tertiary alicyclic amines) is 1. The van der Waals surface area contributed by atoms with Crippen molar-refractivity contribution in [2.24, 2.45) is 0 Å². The number of epoxide rings is 1. The van der Waals surface area contributed by atoms with E-state index in [1.807, 2.05) is 0 Å². The molecule has 2 saturated heterocycles. The summed E-state index contributed by atoms with van der Waals surface area (Å²) in [5.74, 6) is 0. The second kappa shape index (κ2) is 1.95. The fraction of sp³-hybridized carbons (Fsp3) is 1.00. The third-order valence-electron chi connectivity index (χ3n) is 2.83. The van der Waals surface area contributed by atoms with Gasteiger partial charge in [0.2, 0.25) is 0 Å². The molecule has 0 aromatic rings. The number of likely N-dealkylation sites (N-methyl/N-ethyl adjacent to an activating group) is 1. The Morgan fingerprint density at radius 2 is 2.50 bits per heavy atom. The summed E-state index contributed by atoms with van der Waals surface area (Å²) < 4.78 is 5.56. The van der Waals surface area contributed by atoms with E-state index >= 15 is 0 Å². The minimum Gasteiger partial charge on any atom is -0.365 e. The first-order valence-corrected chi connectivity index (χ1v) is 4.15. The summed E-state index contributed by atoms with van der Waals surface area (Å²) in [7, 11) is 0. The topological polar surface area (TPSA) is 15.8 Å². The summed E-state index contributed by atoms with van der Waals surface area (Å²) in [6, 6.07) is 0. The van der Waals surface area contributed by atoms with Gasteiger partial charge in [-0.25, -0.2) is 0 Å². The van der Waals surface area contributed by atoms with Gasteiger partial charge in [-0.15, -0.1) is 0 Å². The molecule has 0 aromatic heterocycles. The van der Waals surface area contributed by atoms with E-state index in [2.05, 4.69) is 18.7 Å². The van der Waals surface area contributed by atoms with Gasteiger partial charge in [0.25, 0.3) is 0 Å². The van der Waals surface area contributed by atoms with Crippen LogP contribution in [-0.4, -0.2) is 36.2 Å². The fourth-order valence-electron chi connectivity index (χ4n) is 1.73. The molecule has 2 fully saturated rings. The number of hydrogen-bond acceptors (Lipinski definition) is 2. The van der Waals surface area contributed by atoms with Gasteiger partial charge in [-0.2, -0.15) is 0 Å². The molecule has 0 aliphatic carbocycles. The second-order valence-electron chi connectivity index (χ2n) is 3.56. The van der Waals surface area contributed by atoms with Crippen LogP contribution in [0, 0.1) is 0 Å². The Hall–Kier alpha value is -0.0800. The van der Waals surface area contributed by atoms with E-state index in [9.17, 15) is 0 Å². The molecule has 0 unspecified atom stereocenters. The molecular formula is C8H15NO. The van der Waals surface area contributed by atoms with Gasteiger partial charge >= 0.3 is 0 Å². The van der Waals surface area contributed by atoms with Crippen molar-refractivity contribution in [1.29, 1.82) is 0 Å². The lowest BCUT2D eigenvalue weighted by Gasteiger charge is -2.24. The molecule has 2 aliphatic heterocycles. The maximum Gasteiger partial charge on any atom is 0.0997 e. The first kappa shape index (κ1) is 6.62. The molecule has 2 atom stereocenters. The van der Waals surface area contributed by atoms with E-state index in [0.717, 1.165) is 6.54 Å². The van der Waals surface area contributed by atoms with Crippen LogP contribution in [0.2, 0.25) is 0 Å². The number of piperidine rings is 1. The fourth-order valence-corrected chi connectivity index (χ4v) is 1.73. The Morgan fingerprint density at radius 1 is 1.70 bits per heavy atom. The van der Waals surface area contributed by atoms with Crippen molar-refractivity contribution in [1.82, 2.24) is 4.90 Å². The van der Waals surface area contributed by atoms with Crippen molar-refractivity contribution >= 4 is 0 Å². The van der Waals surface area contributed by atoms with Gasteiger partial charge in [0, 0.05) is 13.1 Å². The summed E-state index contributed by atoms with van der Waals surface area (Å²) in [6.45, 7) is 8.00. The Kier molecular flexibility index (Phi) is 1.29. The van der Waals surface area contributed by atoms with E-state index < -0.39 is 0 Å². The van der Waals surface area contributed by atoms with E-state index in [-0.39, 0.29) is 5.60 Å². The van der Waals surface area contributed by atoms with Gasteiger partial charge in [0.15, 0.2) is 0 Å². The van der Waals surface area contributed by atoms with Crippen LogP contribution in [0.25, 0.3) is 0 Å². The highest BCUT2D eigenvalue weighted by Gasteiger charge is 2.54. The molecule has 2 nitrogen and oxygen atoms in total. The van der Waals surface area contributed by atoms with E-state index in [4.69, 9.17) is 4.74 Å². The normalized spacial score (nSPS) is 46.8. The van der Waals surface area contributed by atoms with Crippen LogP contribution in [0.3, 0.4) is 0 Å². The van der Waals surface area contributed by atoms with Gasteiger partial charge in [0.05, 0.1) is 11.7 Å². The summed E-state index contributed by atoms with van der Waals surface area (Å²) in [5, 5.41) is 0. The highest BCUT2D eigenvalue weighted by Crippen LogP contribution is 2.42. The van der Waals surface area contributed by atoms with Crippen LogP contribution < -0.4 is 0 Å². The van der Waals surface area contributed by atoms with Gasteiger partial charge < -0.3 is 9.64 Å². The van der Waals surface area contributed by atoms with Gasteiger partial charge in [-0.1, -0.05) is 6.92 Å². The average Bonchev–Trinajstić information content (AvgIpc) is 2.59. The number of ether oxygens (including phenoxy) is 1. The zero-order valence-electron chi connectivity index (χ0n) is 6.76. The van der Waals surface area contributed by atoms with Crippen molar-refractivity contribution in [2.45, 2.75) is 32.0 Å². The van der Waals surface area contributed by atoms with Crippen molar-refractivity contribution < 1.29 is 4.74 Å². The quantitative estimate of drug-likeness (QED) is 0.504. The molecule has 0 radical (unpaired) electrons. The van der Waals surface area contributed by atoms with Crippen molar-refractivity contribution in [3.05, 3.63) is 0 Å². The summed E-state index contributed by atoms with van der Waals surface area (Å²) in [5.41, 5.74) is 0.283. The Morgan fingerprint density at radius 3 is 3.10 bits per heavy atom. The monoisotopic (exact) mass is 141 g/mol. The highest BCUT2D eigenvalue weighted by molar-refractivity contribution is 5.03. The van der Waals surface area contributed by atoms with Crippen molar-refractivity contribution in [2.75, 3.05) is 19.6 Å². The molecule has 0 bridgehead atoms. The molecule has 10 heavy (non-hydrogen) atoms. The van der Waals surface area contributed by atoms with Crippen LogP contribution in [0.15, 0.2) is 0 Å². The molecule has 2 aliphatic rings. The lowest BCUT2D eigenvalue weighted by atomic mass is 9.99.